The van der Waals surface area contributed by atoms with Gasteiger partial charge in [0.25, 0.3) is 0 Å². The van der Waals surface area contributed by atoms with Crippen LogP contribution in [0.1, 0.15) is 123 Å². The van der Waals surface area contributed by atoms with Crippen molar-refractivity contribution >= 4 is 5.91 Å². The van der Waals surface area contributed by atoms with Crippen LogP contribution < -0.4 is 5.32 Å². The van der Waals surface area contributed by atoms with E-state index >= 15 is 0 Å². The molecule has 2 fully saturated rings. The lowest BCUT2D eigenvalue weighted by Crippen LogP contribution is -2.65. The molecule has 12 atom stereocenters. The van der Waals surface area contributed by atoms with E-state index in [1.807, 2.05) is 6.08 Å². The molecule has 310 valence electrons. The maximum Gasteiger partial charge on any atom is 0.220 e. The van der Waals surface area contributed by atoms with Crippen molar-refractivity contribution in [1.29, 1.82) is 0 Å². The number of unbranched alkanes of at least 4 members (excludes halogenated alkanes) is 13. The summed E-state index contributed by atoms with van der Waals surface area (Å²) in [6.07, 6.45) is 8.32. The van der Waals surface area contributed by atoms with Crippen molar-refractivity contribution in [3.63, 3.8) is 0 Å². The monoisotopic (exact) mass is 761 g/mol. The Kier molecular flexibility index (Phi) is 25.1. The van der Waals surface area contributed by atoms with E-state index in [1.165, 1.54) is 51.4 Å². The molecule has 53 heavy (non-hydrogen) atoms. The summed E-state index contributed by atoms with van der Waals surface area (Å²) in [5.74, 6) is -0.257. The second kappa shape index (κ2) is 28.0. The molecule has 2 saturated heterocycles. The number of hydrogen-bond donors (Lipinski definition) is 9. The lowest BCUT2D eigenvalue weighted by Gasteiger charge is -2.46. The summed E-state index contributed by atoms with van der Waals surface area (Å²) in [5, 5.41) is 85.9. The molecule has 14 heteroatoms. The van der Waals surface area contributed by atoms with Crippen LogP contribution in [-0.4, -0.2) is 140 Å². The first-order valence-corrected chi connectivity index (χ1v) is 20.1. The number of aliphatic hydroxyl groups excluding tert-OH is 8. The molecule has 1 amide bonds. The van der Waals surface area contributed by atoms with E-state index in [0.717, 1.165) is 38.5 Å². The largest absolute Gasteiger partial charge is 0.394 e. The van der Waals surface area contributed by atoms with Gasteiger partial charge in [0.05, 0.1) is 32.0 Å². The number of hydrogen-bond acceptors (Lipinski definition) is 13. The van der Waals surface area contributed by atoms with Gasteiger partial charge in [0.2, 0.25) is 5.91 Å². The predicted octanol–water partition coefficient (Wildman–Crippen LogP) is 2.26. The SMILES string of the molecule is CCCCC/C=C/CC/C=C/C(O)C(COC1OC(CO)C(OC2OC(CO)C(O)C(O)C2O)C(O)C1O)NC(=O)CCCCCCCCCCCC. The first kappa shape index (κ1) is 47.6. The lowest BCUT2D eigenvalue weighted by molar-refractivity contribution is -0.359. The first-order chi connectivity index (χ1) is 25.6. The molecule has 0 saturated carbocycles. The Morgan fingerprint density at radius 2 is 1.21 bits per heavy atom. The van der Waals surface area contributed by atoms with Crippen molar-refractivity contribution < 1.29 is 64.6 Å². The second-order valence-electron chi connectivity index (χ2n) is 14.4. The van der Waals surface area contributed by atoms with Crippen molar-refractivity contribution in [2.75, 3.05) is 19.8 Å². The zero-order chi connectivity index (χ0) is 39.0. The fourth-order valence-electron chi connectivity index (χ4n) is 6.48. The highest BCUT2D eigenvalue weighted by Crippen LogP contribution is 2.29. The summed E-state index contributed by atoms with van der Waals surface area (Å²) in [6.45, 7) is 2.64. The van der Waals surface area contributed by atoms with Gasteiger partial charge in [-0.25, -0.2) is 0 Å². The Labute approximate surface area is 316 Å². The molecule has 0 aromatic heterocycles. The number of rotatable bonds is 28. The normalized spacial score (nSPS) is 30.6. The Morgan fingerprint density at radius 1 is 0.660 bits per heavy atom. The summed E-state index contributed by atoms with van der Waals surface area (Å²) >= 11 is 0. The summed E-state index contributed by atoms with van der Waals surface area (Å²) in [5.41, 5.74) is 0. The van der Waals surface area contributed by atoms with Crippen molar-refractivity contribution in [3.8, 4) is 0 Å². The van der Waals surface area contributed by atoms with Crippen LogP contribution in [-0.2, 0) is 23.7 Å². The Balaban J connectivity index is 1.98. The van der Waals surface area contributed by atoms with E-state index in [1.54, 1.807) is 6.08 Å². The smallest absolute Gasteiger partial charge is 0.220 e. The van der Waals surface area contributed by atoms with Crippen LogP contribution in [0.2, 0.25) is 0 Å². The standard InChI is InChI=1S/C39H71NO13/c1-3-5-7-9-11-13-15-17-19-21-23-31(44)40-27(28(43)22-20-18-16-14-12-10-8-6-4-2)26-50-38-36(49)34(47)37(30(25-42)52-38)53-39-35(48)33(46)32(45)29(24-41)51-39/h12,14,20,22,27-30,32-39,41-43,45-49H,3-11,13,15-19,21,23-26H2,1-2H3,(H,40,44)/b14-12+,22-20+. The van der Waals surface area contributed by atoms with Gasteiger partial charge in [0.1, 0.15) is 48.8 Å². The molecule has 2 aliphatic rings. The fraction of sp³-hybridized carbons (Fsp3) is 0.872. The third-order valence-corrected chi connectivity index (χ3v) is 9.89. The van der Waals surface area contributed by atoms with E-state index in [4.69, 9.17) is 18.9 Å². The summed E-state index contributed by atoms with van der Waals surface area (Å²) < 4.78 is 22.5. The van der Waals surface area contributed by atoms with Crippen molar-refractivity contribution in [3.05, 3.63) is 24.3 Å². The number of carbonyl (C=O) groups excluding carboxylic acids is 1. The number of amides is 1. The number of carbonyl (C=O) groups is 1. The highest BCUT2D eigenvalue weighted by molar-refractivity contribution is 5.76. The minimum absolute atomic E-state index is 0.257. The topological polar surface area (TPSA) is 228 Å². The summed E-state index contributed by atoms with van der Waals surface area (Å²) in [7, 11) is 0. The van der Waals surface area contributed by atoms with Crippen LogP contribution in [0.25, 0.3) is 0 Å². The molecule has 0 aromatic rings. The molecule has 2 heterocycles. The molecule has 12 unspecified atom stereocenters. The van der Waals surface area contributed by atoms with Crippen LogP contribution in [0.3, 0.4) is 0 Å². The predicted molar refractivity (Wildman–Crippen MR) is 198 cm³/mol. The maximum absolute atomic E-state index is 13.0. The van der Waals surface area contributed by atoms with E-state index in [2.05, 4.69) is 31.3 Å². The molecule has 0 spiro atoms. The van der Waals surface area contributed by atoms with Gasteiger partial charge in [-0.2, -0.15) is 0 Å². The molecule has 0 bridgehead atoms. The lowest BCUT2D eigenvalue weighted by atomic mass is 9.97. The van der Waals surface area contributed by atoms with Gasteiger partial charge in [0.15, 0.2) is 12.6 Å². The molecule has 14 nitrogen and oxygen atoms in total. The van der Waals surface area contributed by atoms with Crippen LogP contribution in [0.5, 0.6) is 0 Å². The number of nitrogens with one attached hydrogen (secondary N) is 1. The number of allylic oxidation sites excluding steroid dienone is 3. The van der Waals surface area contributed by atoms with Gasteiger partial charge in [0, 0.05) is 6.42 Å². The van der Waals surface area contributed by atoms with Gasteiger partial charge < -0.3 is 65.1 Å². The third-order valence-electron chi connectivity index (χ3n) is 9.89. The van der Waals surface area contributed by atoms with Gasteiger partial charge >= 0.3 is 0 Å². The number of ether oxygens (including phenoxy) is 4. The van der Waals surface area contributed by atoms with Crippen LogP contribution in [0.4, 0.5) is 0 Å². The maximum atomic E-state index is 13.0. The summed E-state index contributed by atoms with van der Waals surface area (Å²) in [4.78, 5) is 13.0. The second-order valence-corrected chi connectivity index (χ2v) is 14.4. The van der Waals surface area contributed by atoms with Crippen molar-refractivity contribution in [2.24, 2.45) is 0 Å². The Morgan fingerprint density at radius 3 is 1.85 bits per heavy atom. The molecule has 0 radical (unpaired) electrons. The zero-order valence-corrected chi connectivity index (χ0v) is 32.0. The summed E-state index contributed by atoms with van der Waals surface area (Å²) in [6, 6.07) is -0.921. The van der Waals surface area contributed by atoms with Crippen LogP contribution in [0.15, 0.2) is 24.3 Å². The van der Waals surface area contributed by atoms with Gasteiger partial charge in [-0.1, -0.05) is 109 Å². The molecule has 0 aliphatic carbocycles. The van der Waals surface area contributed by atoms with E-state index < -0.39 is 86.8 Å². The third kappa shape index (κ3) is 17.4. The molecule has 9 N–H and O–H groups in total. The highest BCUT2D eigenvalue weighted by Gasteiger charge is 2.50. The van der Waals surface area contributed by atoms with Crippen LogP contribution >= 0.6 is 0 Å². The molecular weight excluding hydrogens is 690 g/mol. The number of aliphatic hydroxyl groups is 8. The average Bonchev–Trinajstić information content (AvgIpc) is 3.15. The van der Waals surface area contributed by atoms with E-state index in [-0.39, 0.29) is 18.9 Å². The zero-order valence-electron chi connectivity index (χ0n) is 32.0. The Hall–Kier alpha value is -1.53. The molecule has 2 rings (SSSR count). The van der Waals surface area contributed by atoms with Gasteiger partial charge in [-0.15, -0.1) is 0 Å². The molecule has 0 aromatic carbocycles. The highest BCUT2D eigenvalue weighted by atomic mass is 16.7. The van der Waals surface area contributed by atoms with Gasteiger partial charge in [-0.3, -0.25) is 4.79 Å². The first-order valence-electron chi connectivity index (χ1n) is 20.1. The van der Waals surface area contributed by atoms with Gasteiger partial charge in [-0.05, 0) is 32.1 Å². The van der Waals surface area contributed by atoms with E-state index in [9.17, 15) is 45.6 Å². The molecule has 2 aliphatic heterocycles. The van der Waals surface area contributed by atoms with Crippen molar-refractivity contribution in [1.82, 2.24) is 5.32 Å². The fourth-order valence-corrected chi connectivity index (χ4v) is 6.48. The quantitative estimate of drug-likeness (QED) is 0.0413. The minimum atomic E-state index is -1.79. The van der Waals surface area contributed by atoms with Crippen molar-refractivity contribution in [2.45, 2.75) is 197 Å². The Bertz CT molecular complexity index is 998. The average molecular weight is 762 g/mol. The van der Waals surface area contributed by atoms with E-state index in [0.29, 0.717) is 12.8 Å². The minimum Gasteiger partial charge on any atom is -0.394 e. The van der Waals surface area contributed by atoms with Crippen LogP contribution in [0, 0.1) is 0 Å². The molecular formula is C39H71NO13.